The summed E-state index contributed by atoms with van der Waals surface area (Å²) in [5.74, 6) is 0. The van der Waals surface area contributed by atoms with Gasteiger partial charge in [-0.15, -0.1) is 0 Å². The van der Waals surface area contributed by atoms with Crippen molar-refractivity contribution in [2.24, 2.45) is 4.99 Å². The number of unbranched alkanes of at least 4 members (excludes halogenated alkanes) is 1. The lowest BCUT2D eigenvalue weighted by molar-refractivity contribution is 0.665. The fourth-order valence-corrected chi connectivity index (χ4v) is 0.818. The minimum atomic E-state index is 0.942. The van der Waals surface area contributed by atoms with Crippen LogP contribution in [0.15, 0.2) is 17.3 Å². The molecule has 61 valence electrons. The Kier molecular flexibility index (Phi) is 3.69. The van der Waals surface area contributed by atoms with Crippen molar-refractivity contribution < 1.29 is 0 Å². The zero-order chi connectivity index (χ0) is 7.94. The van der Waals surface area contributed by atoms with E-state index in [1.54, 1.807) is 6.34 Å². The largest absolute Gasteiger partial charge is 0.353 e. The molecule has 0 aliphatic carbocycles. The maximum Gasteiger partial charge on any atom is 0.175 e. The second-order valence-electron chi connectivity index (χ2n) is 2.42. The lowest BCUT2D eigenvalue weighted by atomic mass is 10.3. The Balaban J connectivity index is 2.10. The van der Waals surface area contributed by atoms with Gasteiger partial charge in [0.15, 0.2) is 6.17 Å². The first-order chi connectivity index (χ1) is 5.43. The smallest absolute Gasteiger partial charge is 0.175 e. The quantitative estimate of drug-likeness (QED) is 0.590. The van der Waals surface area contributed by atoms with Crippen molar-refractivity contribution in [2.45, 2.75) is 19.8 Å². The van der Waals surface area contributed by atoms with Crippen molar-refractivity contribution >= 4 is 6.34 Å². The van der Waals surface area contributed by atoms with Crippen LogP contribution in [0.2, 0.25) is 0 Å². The number of hydrogen-bond acceptors (Lipinski definition) is 3. The van der Waals surface area contributed by atoms with Gasteiger partial charge < -0.3 is 5.32 Å². The molecule has 0 atom stereocenters. The molecule has 1 heterocycles. The van der Waals surface area contributed by atoms with E-state index < -0.39 is 0 Å². The van der Waals surface area contributed by atoms with Crippen molar-refractivity contribution in [1.82, 2.24) is 10.6 Å². The molecule has 0 spiro atoms. The van der Waals surface area contributed by atoms with E-state index in [4.69, 9.17) is 0 Å². The Labute approximate surface area is 67.6 Å². The van der Waals surface area contributed by atoms with Crippen LogP contribution in [0, 0.1) is 6.17 Å². The van der Waals surface area contributed by atoms with Gasteiger partial charge in [0.1, 0.15) is 0 Å². The minimum Gasteiger partial charge on any atom is -0.353 e. The third-order valence-electron chi connectivity index (χ3n) is 1.45. The molecule has 1 rings (SSSR count). The molecule has 11 heavy (non-hydrogen) atoms. The lowest BCUT2D eigenvalue weighted by Crippen LogP contribution is -2.22. The topological polar surface area (TPSA) is 36.4 Å². The molecule has 3 heteroatoms. The van der Waals surface area contributed by atoms with E-state index in [-0.39, 0.29) is 0 Å². The van der Waals surface area contributed by atoms with E-state index in [9.17, 15) is 0 Å². The average molecular weight is 152 g/mol. The standard InChI is InChI=1S/C8H14N3/c1-2-3-5-10-8-4-6-9-7-11-8/h4,6-7,10H,2-3,5H2,1H3,(H,9,11). The molecule has 0 amide bonds. The maximum atomic E-state index is 4.08. The Morgan fingerprint density at radius 1 is 1.64 bits per heavy atom. The number of nitrogens with one attached hydrogen (secondary N) is 2. The predicted molar refractivity (Wildman–Crippen MR) is 46.9 cm³/mol. The van der Waals surface area contributed by atoms with E-state index in [2.05, 4.69) is 22.5 Å². The van der Waals surface area contributed by atoms with Crippen LogP contribution in [0.5, 0.6) is 0 Å². The molecule has 0 aromatic rings. The van der Waals surface area contributed by atoms with Crippen molar-refractivity contribution in [3.05, 3.63) is 18.4 Å². The number of hydrogen-bond donors (Lipinski definition) is 2. The van der Waals surface area contributed by atoms with Crippen LogP contribution in [-0.2, 0) is 0 Å². The van der Waals surface area contributed by atoms with Crippen molar-refractivity contribution in [1.29, 1.82) is 0 Å². The molecule has 0 aromatic heterocycles. The highest BCUT2D eigenvalue weighted by atomic mass is 15.1. The summed E-state index contributed by atoms with van der Waals surface area (Å²) in [7, 11) is 0. The monoisotopic (exact) mass is 152 g/mol. The van der Waals surface area contributed by atoms with Crippen molar-refractivity contribution in [3.63, 3.8) is 0 Å². The first kappa shape index (κ1) is 8.27. The molecular formula is C8H14N3. The summed E-state index contributed by atoms with van der Waals surface area (Å²) in [5.41, 5.74) is 0. The first-order valence-corrected chi connectivity index (χ1v) is 3.99. The van der Waals surface area contributed by atoms with Crippen molar-refractivity contribution in [2.75, 3.05) is 6.54 Å². The number of aliphatic imine (C=N–C) groups is 1. The molecule has 2 N–H and O–H groups in total. The van der Waals surface area contributed by atoms with Gasteiger partial charge in [0, 0.05) is 6.20 Å². The van der Waals surface area contributed by atoms with Gasteiger partial charge in [-0.25, -0.2) is 4.99 Å². The van der Waals surface area contributed by atoms with Gasteiger partial charge in [0.05, 0.1) is 6.34 Å². The second-order valence-corrected chi connectivity index (χ2v) is 2.42. The summed E-state index contributed by atoms with van der Waals surface area (Å²) < 4.78 is 0. The van der Waals surface area contributed by atoms with Gasteiger partial charge in [-0.1, -0.05) is 13.3 Å². The molecule has 1 radical (unpaired) electrons. The second kappa shape index (κ2) is 4.91. The number of rotatable bonds is 4. The van der Waals surface area contributed by atoms with Crippen LogP contribution >= 0.6 is 0 Å². The van der Waals surface area contributed by atoms with Gasteiger partial charge in [-0.2, -0.15) is 0 Å². The van der Waals surface area contributed by atoms with Gasteiger partial charge in [0.25, 0.3) is 0 Å². The molecule has 1 aliphatic heterocycles. The van der Waals surface area contributed by atoms with Gasteiger partial charge in [-0.05, 0) is 19.0 Å². The summed E-state index contributed by atoms with van der Waals surface area (Å²) in [5, 5.41) is 6.09. The molecule has 0 saturated heterocycles. The van der Waals surface area contributed by atoms with Crippen LogP contribution < -0.4 is 10.6 Å². The van der Waals surface area contributed by atoms with E-state index in [0.717, 1.165) is 12.7 Å². The predicted octanol–water partition coefficient (Wildman–Crippen LogP) is 1.01. The van der Waals surface area contributed by atoms with E-state index >= 15 is 0 Å². The average Bonchev–Trinajstić information content (AvgIpc) is 2.07. The Bertz CT molecular complexity index is 139. The van der Waals surface area contributed by atoms with Crippen LogP contribution in [0.4, 0.5) is 0 Å². The highest BCUT2D eigenvalue weighted by molar-refractivity contribution is 5.59. The molecule has 3 nitrogen and oxygen atoms in total. The summed E-state index contributed by atoms with van der Waals surface area (Å²) in [6, 6.07) is 0. The molecule has 0 unspecified atom stereocenters. The van der Waals surface area contributed by atoms with Crippen molar-refractivity contribution in [3.8, 4) is 0 Å². The molecule has 1 aliphatic rings. The zero-order valence-corrected chi connectivity index (χ0v) is 6.80. The number of nitrogens with zero attached hydrogens (tertiary/aromatic N) is 1. The van der Waals surface area contributed by atoms with Crippen LogP contribution in [0.25, 0.3) is 0 Å². The SMILES string of the molecule is CCCCN[C]1C=CNC=N1. The van der Waals surface area contributed by atoms with Gasteiger partial charge in [-0.3, -0.25) is 5.32 Å². The third kappa shape index (κ3) is 3.18. The zero-order valence-electron chi connectivity index (χ0n) is 6.80. The highest BCUT2D eigenvalue weighted by Gasteiger charge is 2.02. The van der Waals surface area contributed by atoms with Crippen LogP contribution in [0.1, 0.15) is 19.8 Å². The maximum absolute atomic E-state index is 4.08. The Morgan fingerprint density at radius 3 is 3.18 bits per heavy atom. The summed E-state index contributed by atoms with van der Waals surface area (Å²) in [4.78, 5) is 4.08. The lowest BCUT2D eigenvalue weighted by Gasteiger charge is -2.10. The molecule has 0 bridgehead atoms. The van der Waals surface area contributed by atoms with Gasteiger partial charge in [0.2, 0.25) is 0 Å². The van der Waals surface area contributed by atoms with Crippen LogP contribution in [-0.4, -0.2) is 12.9 Å². The third-order valence-corrected chi connectivity index (χ3v) is 1.45. The van der Waals surface area contributed by atoms with E-state index in [1.165, 1.54) is 12.8 Å². The Hall–Kier alpha value is -0.830. The fraction of sp³-hybridized carbons (Fsp3) is 0.500. The molecular weight excluding hydrogens is 138 g/mol. The molecule has 0 fully saturated rings. The molecule has 0 saturated carbocycles. The highest BCUT2D eigenvalue weighted by Crippen LogP contribution is 2.00. The molecule has 0 aromatic carbocycles. The van der Waals surface area contributed by atoms with Crippen LogP contribution in [0.3, 0.4) is 0 Å². The normalized spacial score (nSPS) is 16.8. The summed E-state index contributed by atoms with van der Waals surface area (Å²) >= 11 is 0. The fourth-order valence-electron chi connectivity index (χ4n) is 0.818. The summed E-state index contributed by atoms with van der Waals surface area (Å²) in [6.45, 7) is 3.18. The van der Waals surface area contributed by atoms with E-state index in [1.807, 2.05) is 12.3 Å². The summed E-state index contributed by atoms with van der Waals surface area (Å²) in [6.07, 6.45) is 8.81. The Morgan fingerprint density at radius 2 is 2.55 bits per heavy atom. The first-order valence-electron chi connectivity index (χ1n) is 3.99. The van der Waals surface area contributed by atoms with E-state index in [0.29, 0.717) is 0 Å². The van der Waals surface area contributed by atoms with Gasteiger partial charge >= 0.3 is 0 Å². The minimum absolute atomic E-state index is 0.942.